The Balaban J connectivity index is 3.12. The van der Waals surface area contributed by atoms with Crippen molar-refractivity contribution >= 4 is 0 Å². The lowest BCUT2D eigenvalue weighted by Gasteiger charge is -2.10. The van der Waals surface area contributed by atoms with Crippen LogP contribution in [0.4, 0.5) is 13.2 Å². The topological polar surface area (TPSA) is 21.3 Å². The second kappa shape index (κ2) is 7.93. The molecule has 0 aliphatic rings. The number of alkyl halides is 3. The monoisotopic (exact) mass is 227 g/mol. The zero-order valence-electron chi connectivity index (χ0n) is 9.36. The molecule has 5 heteroatoms. The molecule has 0 fully saturated rings. The highest BCUT2D eigenvalue weighted by atomic mass is 19.4. The third kappa shape index (κ3) is 11.6. The highest BCUT2D eigenvalue weighted by Gasteiger charge is 2.27. The van der Waals surface area contributed by atoms with Crippen molar-refractivity contribution in [1.82, 2.24) is 5.32 Å². The summed E-state index contributed by atoms with van der Waals surface area (Å²) >= 11 is 0. The molecule has 0 spiro atoms. The van der Waals surface area contributed by atoms with Crippen LogP contribution in [-0.4, -0.2) is 32.5 Å². The van der Waals surface area contributed by atoms with E-state index in [1.54, 1.807) is 0 Å². The lowest BCUT2D eigenvalue weighted by Crippen LogP contribution is -2.20. The molecule has 0 aliphatic carbocycles. The van der Waals surface area contributed by atoms with E-state index in [-0.39, 0.29) is 6.61 Å². The molecule has 0 rings (SSSR count). The normalized spacial score (nSPS) is 14.2. The first-order valence-electron chi connectivity index (χ1n) is 5.27. The van der Waals surface area contributed by atoms with E-state index in [0.717, 1.165) is 19.3 Å². The van der Waals surface area contributed by atoms with Crippen LogP contribution < -0.4 is 5.32 Å². The first-order chi connectivity index (χ1) is 6.95. The highest BCUT2D eigenvalue weighted by molar-refractivity contribution is 4.56. The van der Waals surface area contributed by atoms with E-state index >= 15 is 0 Å². The molecular formula is C10H20F3NO. The Hall–Kier alpha value is -0.290. The fraction of sp³-hybridized carbons (Fsp3) is 1.00. The first-order valence-corrected chi connectivity index (χ1v) is 5.27. The molecule has 0 amide bonds. The van der Waals surface area contributed by atoms with Crippen LogP contribution in [-0.2, 0) is 4.74 Å². The second-order valence-corrected chi connectivity index (χ2v) is 3.71. The van der Waals surface area contributed by atoms with Crippen molar-refractivity contribution in [3.8, 4) is 0 Å². The smallest absolute Gasteiger partial charge is 0.372 e. The van der Waals surface area contributed by atoms with Crippen molar-refractivity contribution in [3.05, 3.63) is 0 Å². The number of ether oxygens (including phenoxy) is 1. The van der Waals surface area contributed by atoms with Crippen LogP contribution in [0.5, 0.6) is 0 Å². The first kappa shape index (κ1) is 14.7. The highest BCUT2D eigenvalue weighted by Crippen LogP contribution is 2.14. The molecule has 0 aromatic heterocycles. The van der Waals surface area contributed by atoms with Gasteiger partial charge in [0.25, 0.3) is 0 Å². The zero-order valence-corrected chi connectivity index (χ0v) is 9.36. The molecule has 0 heterocycles. The Kier molecular flexibility index (Phi) is 7.78. The van der Waals surface area contributed by atoms with Crippen LogP contribution in [0.25, 0.3) is 0 Å². The van der Waals surface area contributed by atoms with Gasteiger partial charge in [-0.3, -0.25) is 0 Å². The summed E-state index contributed by atoms with van der Waals surface area (Å²) in [6.07, 6.45) is -0.496. The summed E-state index contributed by atoms with van der Waals surface area (Å²) in [5, 5.41) is 3.11. The average Bonchev–Trinajstić information content (AvgIpc) is 2.14. The molecule has 0 aromatic carbocycles. The van der Waals surface area contributed by atoms with E-state index in [9.17, 15) is 13.2 Å². The fourth-order valence-electron chi connectivity index (χ4n) is 1.16. The van der Waals surface area contributed by atoms with Gasteiger partial charge in [0.2, 0.25) is 0 Å². The summed E-state index contributed by atoms with van der Waals surface area (Å²) in [4.78, 5) is 0. The number of hydrogen-bond acceptors (Lipinski definition) is 2. The van der Waals surface area contributed by atoms with Gasteiger partial charge < -0.3 is 10.1 Å². The van der Waals surface area contributed by atoms with Gasteiger partial charge in [0.15, 0.2) is 0 Å². The van der Waals surface area contributed by atoms with Gasteiger partial charge >= 0.3 is 6.18 Å². The summed E-state index contributed by atoms with van der Waals surface area (Å²) in [6, 6.07) is 0.473. The Bertz CT molecular complexity index is 150. The van der Waals surface area contributed by atoms with E-state index in [1.807, 2.05) is 7.05 Å². The number of rotatable bonds is 8. The Morgan fingerprint density at radius 3 is 2.40 bits per heavy atom. The molecule has 1 unspecified atom stereocenters. The van der Waals surface area contributed by atoms with E-state index < -0.39 is 12.8 Å². The van der Waals surface area contributed by atoms with E-state index in [1.165, 1.54) is 0 Å². The summed E-state index contributed by atoms with van der Waals surface area (Å²) in [5.74, 6) is 0. The van der Waals surface area contributed by atoms with Crippen LogP contribution in [0.3, 0.4) is 0 Å². The van der Waals surface area contributed by atoms with Gasteiger partial charge in [-0.15, -0.1) is 0 Å². The summed E-state index contributed by atoms with van der Waals surface area (Å²) in [7, 11) is 1.90. The SMILES string of the molecule is CNC(C)CCCCCOCC(F)(F)F. The molecule has 1 atom stereocenters. The molecular weight excluding hydrogens is 207 g/mol. The van der Waals surface area contributed by atoms with Crippen LogP contribution in [0.15, 0.2) is 0 Å². The minimum Gasteiger partial charge on any atom is -0.372 e. The third-order valence-electron chi connectivity index (χ3n) is 2.18. The Morgan fingerprint density at radius 2 is 1.87 bits per heavy atom. The standard InChI is InChI=1S/C10H20F3NO/c1-9(14-2)6-4-3-5-7-15-8-10(11,12)13/h9,14H,3-8H2,1-2H3. The molecule has 0 aromatic rings. The predicted molar refractivity (Wildman–Crippen MR) is 53.9 cm³/mol. The van der Waals surface area contributed by atoms with Crippen LogP contribution in [0.1, 0.15) is 32.6 Å². The number of halogens is 3. The van der Waals surface area contributed by atoms with Gasteiger partial charge in [-0.1, -0.05) is 12.8 Å². The maximum atomic E-state index is 11.6. The van der Waals surface area contributed by atoms with Crippen LogP contribution in [0.2, 0.25) is 0 Å². The maximum Gasteiger partial charge on any atom is 0.411 e. The minimum atomic E-state index is -4.19. The van der Waals surface area contributed by atoms with Crippen molar-refractivity contribution in [2.75, 3.05) is 20.3 Å². The molecule has 0 radical (unpaired) electrons. The van der Waals surface area contributed by atoms with Gasteiger partial charge in [-0.25, -0.2) is 0 Å². The van der Waals surface area contributed by atoms with Gasteiger partial charge in [-0.05, 0) is 26.8 Å². The molecule has 15 heavy (non-hydrogen) atoms. The summed E-state index contributed by atoms with van der Waals surface area (Å²) in [6.45, 7) is 1.16. The van der Waals surface area contributed by atoms with Gasteiger partial charge in [0.1, 0.15) is 6.61 Å². The van der Waals surface area contributed by atoms with E-state index in [2.05, 4.69) is 17.0 Å². The molecule has 0 saturated carbocycles. The molecule has 0 bridgehead atoms. The molecule has 0 aliphatic heterocycles. The lowest BCUT2D eigenvalue weighted by atomic mass is 10.1. The molecule has 92 valence electrons. The third-order valence-corrected chi connectivity index (χ3v) is 2.18. The van der Waals surface area contributed by atoms with Gasteiger partial charge in [-0.2, -0.15) is 13.2 Å². The predicted octanol–water partition coefficient (Wildman–Crippen LogP) is 2.73. The molecule has 1 N–H and O–H groups in total. The van der Waals surface area contributed by atoms with Crippen molar-refractivity contribution in [2.24, 2.45) is 0 Å². The van der Waals surface area contributed by atoms with Crippen molar-refractivity contribution in [2.45, 2.75) is 44.8 Å². The van der Waals surface area contributed by atoms with Crippen molar-refractivity contribution in [1.29, 1.82) is 0 Å². The average molecular weight is 227 g/mol. The van der Waals surface area contributed by atoms with Crippen molar-refractivity contribution < 1.29 is 17.9 Å². The van der Waals surface area contributed by atoms with Crippen molar-refractivity contribution in [3.63, 3.8) is 0 Å². The Labute approximate surface area is 89.2 Å². The summed E-state index contributed by atoms with van der Waals surface area (Å²) in [5.41, 5.74) is 0. The number of hydrogen-bond donors (Lipinski definition) is 1. The summed E-state index contributed by atoms with van der Waals surface area (Å²) < 4.78 is 39.4. The van der Waals surface area contributed by atoms with Gasteiger partial charge in [0.05, 0.1) is 0 Å². The lowest BCUT2D eigenvalue weighted by molar-refractivity contribution is -0.174. The quantitative estimate of drug-likeness (QED) is 0.644. The number of nitrogens with one attached hydrogen (secondary N) is 1. The maximum absolute atomic E-state index is 11.6. The fourth-order valence-corrected chi connectivity index (χ4v) is 1.16. The van der Waals surface area contributed by atoms with Crippen LogP contribution in [0, 0.1) is 0 Å². The van der Waals surface area contributed by atoms with Gasteiger partial charge in [0, 0.05) is 12.6 Å². The van der Waals surface area contributed by atoms with E-state index in [4.69, 9.17) is 0 Å². The zero-order chi connectivity index (χ0) is 11.7. The largest absolute Gasteiger partial charge is 0.411 e. The van der Waals surface area contributed by atoms with E-state index in [0.29, 0.717) is 12.5 Å². The second-order valence-electron chi connectivity index (χ2n) is 3.71. The molecule has 2 nitrogen and oxygen atoms in total. The Morgan fingerprint density at radius 1 is 1.20 bits per heavy atom. The number of unbranched alkanes of at least 4 members (excludes halogenated alkanes) is 2. The van der Waals surface area contributed by atoms with Crippen LogP contribution >= 0.6 is 0 Å². The minimum absolute atomic E-state index is 0.202. The molecule has 0 saturated heterocycles.